The van der Waals surface area contributed by atoms with E-state index in [2.05, 4.69) is 10.5 Å². The Balaban J connectivity index is 2.12. The SMILES string of the molecule is CCCOc1ccc2c(C)cc(=O)oc2c1C(C)=NNc1ccccc1. The zero-order chi connectivity index (χ0) is 18.5. The predicted octanol–water partition coefficient (Wildman–Crippen LogP) is 4.73. The molecular formula is C21H22N2O3. The van der Waals surface area contributed by atoms with Gasteiger partial charge in [0.25, 0.3) is 0 Å². The van der Waals surface area contributed by atoms with Crippen molar-refractivity contribution in [3.05, 3.63) is 70.1 Å². The number of hydrazone groups is 1. The molecule has 0 spiro atoms. The number of benzene rings is 2. The molecule has 5 heteroatoms. The molecule has 0 bridgehead atoms. The fraction of sp³-hybridized carbons (Fsp3) is 0.238. The van der Waals surface area contributed by atoms with E-state index < -0.39 is 0 Å². The fourth-order valence-corrected chi connectivity index (χ4v) is 2.76. The minimum atomic E-state index is -0.382. The average Bonchev–Trinajstić information content (AvgIpc) is 2.64. The maximum absolute atomic E-state index is 11.9. The molecule has 3 aromatic rings. The van der Waals surface area contributed by atoms with Gasteiger partial charge in [-0.05, 0) is 50.1 Å². The molecule has 0 atom stereocenters. The van der Waals surface area contributed by atoms with Crippen LogP contribution < -0.4 is 15.8 Å². The van der Waals surface area contributed by atoms with Crippen LogP contribution in [-0.4, -0.2) is 12.3 Å². The van der Waals surface area contributed by atoms with Crippen LogP contribution in [0.15, 0.2) is 62.8 Å². The molecule has 5 nitrogen and oxygen atoms in total. The summed E-state index contributed by atoms with van der Waals surface area (Å²) in [7, 11) is 0. The van der Waals surface area contributed by atoms with Gasteiger partial charge in [-0.2, -0.15) is 5.10 Å². The van der Waals surface area contributed by atoms with Gasteiger partial charge in [-0.15, -0.1) is 0 Å². The lowest BCUT2D eigenvalue weighted by Gasteiger charge is -2.14. The highest BCUT2D eigenvalue weighted by Crippen LogP contribution is 2.30. The third-order valence-corrected chi connectivity index (χ3v) is 4.03. The van der Waals surface area contributed by atoms with Gasteiger partial charge < -0.3 is 9.15 Å². The van der Waals surface area contributed by atoms with Crippen molar-refractivity contribution < 1.29 is 9.15 Å². The van der Waals surface area contributed by atoms with E-state index in [1.165, 1.54) is 6.07 Å². The number of hydrogen-bond donors (Lipinski definition) is 1. The number of para-hydroxylation sites is 1. The number of hydrogen-bond acceptors (Lipinski definition) is 5. The summed E-state index contributed by atoms with van der Waals surface area (Å²) < 4.78 is 11.4. The number of fused-ring (bicyclic) bond motifs is 1. The summed E-state index contributed by atoms with van der Waals surface area (Å²) in [4.78, 5) is 11.9. The first-order valence-electron chi connectivity index (χ1n) is 8.66. The Kier molecular flexibility index (Phi) is 5.37. The van der Waals surface area contributed by atoms with E-state index in [4.69, 9.17) is 9.15 Å². The Bertz CT molecular complexity index is 991. The second kappa shape index (κ2) is 7.87. The first kappa shape index (κ1) is 17.7. The number of nitrogens with zero attached hydrogens (tertiary/aromatic N) is 1. The van der Waals surface area contributed by atoms with Gasteiger partial charge in [0.1, 0.15) is 5.75 Å². The van der Waals surface area contributed by atoms with Crippen LogP contribution in [0.1, 0.15) is 31.4 Å². The number of aryl methyl sites for hydroxylation is 1. The van der Waals surface area contributed by atoms with Gasteiger partial charge in [0.15, 0.2) is 5.58 Å². The van der Waals surface area contributed by atoms with Crippen molar-refractivity contribution >= 4 is 22.4 Å². The topological polar surface area (TPSA) is 63.8 Å². The Morgan fingerprint density at radius 3 is 2.69 bits per heavy atom. The Morgan fingerprint density at radius 1 is 1.19 bits per heavy atom. The molecule has 0 aliphatic carbocycles. The molecule has 3 rings (SSSR count). The summed E-state index contributed by atoms with van der Waals surface area (Å²) >= 11 is 0. The van der Waals surface area contributed by atoms with Crippen LogP contribution in [0.3, 0.4) is 0 Å². The zero-order valence-electron chi connectivity index (χ0n) is 15.2. The molecule has 0 saturated heterocycles. The summed E-state index contributed by atoms with van der Waals surface area (Å²) in [6.45, 7) is 6.38. The predicted molar refractivity (Wildman–Crippen MR) is 105 cm³/mol. The molecule has 1 aromatic heterocycles. The number of ether oxygens (including phenoxy) is 1. The van der Waals surface area contributed by atoms with Gasteiger partial charge in [-0.1, -0.05) is 25.1 Å². The standard InChI is InChI=1S/C21H22N2O3/c1-4-12-25-18-11-10-17-14(2)13-19(24)26-21(17)20(18)15(3)22-23-16-8-6-5-7-9-16/h5-11,13,23H,4,12H2,1-3H3. The highest BCUT2D eigenvalue weighted by Gasteiger charge is 2.16. The zero-order valence-corrected chi connectivity index (χ0v) is 15.2. The first-order valence-corrected chi connectivity index (χ1v) is 8.66. The van der Waals surface area contributed by atoms with Crippen LogP contribution in [0.4, 0.5) is 5.69 Å². The molecule has 0 aliphatic rings. The van der Waals surface area contributed by atoms with Crippen molar-refractivity contribution in [2.24, 2.45) is 5.10 Å². The Morgan fingerprint density at radius 2 is 1.96 bits per heavy atom. The molecule has 0 aliphatic heterocycles. The van der Waals surface area contributed by atoms with E-state index in [0.717, 1.165) is 23.1 Å². The van der Waals surface area contributed by atoms with Crippen molar-refractivity contribution in [1.82, 2.24) is 0 Å². The molecule has 0 unspecified atom stereocenters. The fourth-order valence-electron chi connectivity index (χ4n) is 2.76. The highest BCUT2D eigenvalue weighted by atomic mass is 16.5. The largest absolute Gasteiger partial charge is 0.493 e. The number of nitrogens with one attached hydrogen (secondary N) is 1. The summed E-state index contributed by atoms with van der Waals surface area (Å²) in [6.07, 6.45) is 0.883. The van der Waals surface area contributed by atoms with Crippen molar-refractivity contribution in [3.63, 3.8) is 0 Å². The van der Waals surface area contributed by atoms with Crippen LogP contribution in [0.25, 0.3) is 11.0 Å². The second-order valence-electron chi connectivity index (χ2n) is 6.09. The lowest BCUT2D eigenvalue weighted by atomic mass is 10.0. The third kappa shape index (κ3) is 3.77. The Labute approximate surface area is 152 Å². The van der Waals surface area contributed by atoms with Gasteiger partial charge in [0, 0.05) is 11.5 Å². The summed E-state index contributed by atoms with van der Waals surface area (Å²) in [5.74, 6) is 0.657. The molecule has 0 radical (unpaired) electrons. The smallest absolute Gasteiger partial charge is 0.336 e. The maximum Gasteiger partial charge on any atom is 0.336 e. The Hall–Kier alpha value is -3.08. The lowest BCUT2D eigenvalue weighted by Crippen LogP contribution is -2.08. The molecule has 2 aromatic carbocycles. The van der Waals surface area contributed by atoms with E-state index in [1.807, 2.05) is 63.2 Å². The van der Waals surface area contributed by atoms with E-state index in [9.17, 15) is 4.79 Å². The third-order valence-electron chi connectivity index (χ3n) is 4.03. The van der Waals surface area contributed by atoms with Crippen LogP contribution in [-0.2, 0) is 0 Å². The van der Waals surface area contributed by atoms with Crippen LogP contribution in [0.2, 0.25) is 0 Å². The van der Waals surface area contributed by atoms with Crippen molar-refractivity contribution in [1.29, 1.82) is 0 Å². The normalized spacial score (nSPS) is 11.6. The van der Waals surface area contributed by atoms with Crippen molar-refractivity contribution in [2.75, 3.05) is 12.0 Å². The molecule has 134 valence electrons. The summed E-state index contributed by atoms with van der Waals surface area (Å²) in [6, 6.07) is 15.0. The minimum absolute atomic E-state index is 0.382. The summed E-state index contributed by atoms with van der Waals surface area (Å²) in [5.41, 5.74) is 6.27. The molecule has 0 saturated carbocycles. The van der Waals surface area contributed by atoms with E-state index in [-0.39, 0.29) is 5.63 Å². The number of rotatable bonds is 6. The second-order valence-corrected chi connectivity index (χ2v) is 6.09. The quantitative estimate of drug-likeness (QED) is 0.397. The molecule has 0 amide bonds. The minimum Gasteiger partial charge on any atom is -0.493 e. The monoisotopic (exact) mass is 350 g/mol. The maximum atomic E-state index is 11.9. The van der Waals surface area contributed by atoms with Crippen LogP contribution >= 0.6 is 0 Å². The van der Waals surface area contributed by atoms with Crippen molar-refractivity contribution in [3.8, 4) is 5.75 Å². The number of anilines is 1. The molecule has 26 heavy (non-hydrogen) atoms. The highest BCUT2D eigenvalue weighted by molar-refractivity contribution is 6.10. The van der Waals surface area contributed by atoms with Gasteiger partial charge in [-0.3, -0.25) is 5.43 Å². The average molecular weight is 350 g/mol. The van der Waals surface area contributed by atoms with Crippen LogP contribution in [0, 0.1) is 6.92 Å². The molecule has 1 N–H and O–H groups in total. The first-order chi connectivity index (χ1) is 12.6. The van der Waals surface area contributed by atoms with E-state index in [0.29, 0.717) is 29.2 Å². The molecule has 0 fully saturated rings. The van der Waals surface area contributed by atoms with E-state index >= 15 is 0 Å². The van der Waals surface area contributed by atoms with Gasteiger partial charge in [-0.25, -0.2) is 4.79 Å². The van der Waals surface area contributed by atoms with E-state index in [1.54, 1.807) is 0 Å². The van der Waals surface area contributed by atoms with Gasteiger partial charge >= 0.3 is 5.63 Å². The van der Waals surface area contributed by atoms with Gasteiger partial charge in [0.05, 0.1) is 23.6 Å². The van der Waals surface area contributed by atoms with Crippen LogP contribution in [0.5, 0.6) is 5.75 Å². The lowest BCUT2D eigenvalue weighted by molar-refractivity contribution is 0.316. The van der Waals surface area contributed by atoms with Crippen molar-refractivity contribution in [2.45, 2.75) is 27.2 Å². The molecule has 1 heterocycles. The summed E-state index contributed by atoms with van der Waals surface area (Å²) in [5, 5.41) is 5.34. The molecular weight excluding hydrogens is 328 g/mol. The van der Waals surface area contributed by atoms with Gasteiger partial charge in [0.2, 0.25) is 0 Å².